The summed E-state index contributed by atoms with van der Waals surface area (Å²) < 4.78 is 22.2. The minimum Gasteiger partial charge on any atom is -0.334 e. The van der Waals surface area contributed by atoms with Crippen LogP contribution in [0.25, 0.3) is 0 Å². The Morgan fingerprint density at radius 3 is 2.56 bits per heavy atom. The van der Waals surface area contributed by atoms with Gasteiger partial charge in [-0.25, -0.2) is 13.2 Å². The van der Waals surface area contributed by atoms with Gasteiger partial charge in [0.25, 0.3) is 0 Å². The topological polar surface area (TPSA) is 92.3 Å². The minimum atomic E-state index is -3.03. The molecule has 16 heavy (non-hydrogen) atoms. The molecule has 0 aromatic carbocycles. The predicted molar refractivity (Wildman–Crippen MR) is 59.1 cm³/mol. The van der Waals surface area contributed by atoms with Gasteiger partial charge in [0.1, 0.15) is 0 Å². The van der Waals surface area contributed by atoms with Crippen molar-refractivity contribution in [2.24, 2.45) is 0 Å². The number of sulfone groups is 1. The minimum absolute atomic E-state index is 0.0535. The lowest BCUT2D eigenvalue weighted by Crippen LogP contribution is -2.45. The number of nitrogens with one attached hydrogen (secondary N) is 2. The monoisotopic (exact) mass is 268 g/mol. The third-order valence-electron chi connectivity index (χ3n) is 2.14. The van der Waals surface area contributed by atoms with Crippen LogP contribution in [0, 0.1) is 0 Å². The summed E-state index contributed by atoms with van der Waals surface area (Å²) in [5.74, 6) is -0.331. The molecule has 2 N–H and O–H groups in total. The summed E-state index contributed by atoms with van der Waals surface area (Å²) in [5, 5.41) is 4.50. The van der Waals surface area contributed by atoms with Crippen LogP contribution in [0.5, 0.6) is 0 Å². The second kappa shape index (κ2) is 5.49. The predicted octanol–water partition coefficient (Wildman–Crippen LogP) is -0.372. The fourth-order valence-electron chi connectivity index (χ4n) is 1.41. The van der Waals surface area contributed by atoms with Gasteiger partial charge in [0.05, 0.1) is 11.5 Å². The van der Waals surface area contributed by atoms with Crippen LogP contribution in [0.4, 0.5) is 4.79 Å². The summed E-state index contributed by atoms with van der Waals surface area (Å²) in [4.78, 5) is 22.2. The van der Waals surface area contributed by atoms with E-state index in [2.05, 4.69) is 10.6 Å². The van der Waals surface area contributed by atoms with Crippen LogP contribution < -0.4 is 10.6 Å². The molecule has 1 fully saturated rings. The third kappa shape index (κ3) is 4.36. The highest BCUT2D eigenvalue weighted by atomic mass is 35.5. The zero-order valence-corrected chi connectivity index (χ0v) is 10.1. The molecule has 0 saturated carbocycles. The number of carbonyl (C=O) groups excluding carboxylic acids is 2. The summed E-state index contributed by atoms with van der Waals surface area (Å²) in [6.07, 6.45) is 0.442. The Hall–Kier alpha value is -0.820. The van der Waals surface area contributed by atoms with Crippen LogP contribution in [0.1, 0.15) is 12.8 Å². The molecule has 0 radical (unpaired) electrons. The summed E-state index contributed by atoms with van der Waals surface area (Å²) in [7, 11) is -3.03. The van der Waals surface area contributed by atoms with E-state index in [1.807, 2.05) is 0 Å². The number of urea groups is 1. The molecule has 0 aromatic rings. The fraction of sp³-hybridized carbons (Fsp3) is 0.750. The van der Waals surface area contributed by atoms with Crippen molar-refractivity contribution < 1.29 is 18.0 Å². The molecule has 92 valence electrons. The van der Waals surface area contributed by atoms with Crippen molar-refractivity contribution in [2.75, 3.05) is 17.4 Å². The maximum atomic E-state index is 11.2. The normalized spacial score (nSPS) is 22.7. The van der Waals surface area contributed by atoms with Crippen molar-refractivity contribution in [3.05, 3.63) is 0 Å². The molecule has 6 nitrogen and oxygen atoms in total. The number of hydrogen-bond acceptors (Lipinski definition) is 4. The Kier molecular flexibility index (Phi) is 4.55. The first-order chi connectivity index (χ1) is 7.43. The number of hydrogen-bond donors (Lipinski definition) is 2. The van der Waals surface area contributed by atoms with Crippen molar-refractivity contribution in [2.45, 2.75) is 18.9 Å². The standard InChI is InChI=1S/C8H13ClN2O4S/c9-3-1-7(12)11-8(13)10-6-2-4-16(14,15)5-6/h6H,1-5H2,(H2,10,11,12,13). The average molecular weight is 269 g/mol. The SMILES string of the molecule is O=C(CCCl)NC(=O)NC1CCS(=O)(=O)C1. The number of rotatable bonds is 3. The maximum Gasteiger partial charge on any atom is 0.321 e. The Bertz CT molecular complexity index is 381. The van der Waals surface area contributed by atoms with Crippen molar-refractivity contribution in [1.82, 2.24) is 10.6 Å². The third-order valence-corrected chi connectivity index (χ3v) is 4.10. The highest BCUT2D eigenvalue weighted by Gasteiger charge is 2.29. The summed E-state index contributed by atoms with van der Waals surface area (Å²) in [6, 6.07) is -1.08. The number of amides is 3. The molecule has 1 unspecified atom stereocenters. The van der Waals surface area contributed by atoms with Gasteiger partial charge in [-0.05, 0) is 6.42 Å². The van der Waals surface area contributed by atoms with E-state index in [9.17, 15) is 18.0 Å². The lowest BCUT2D eigenvalue weighted by atomic mass is 10.3. The number of alkyl halides is 1. The molecular formula is C8H13ClN2O4S. The summed E-state index contributed by atoms with van der Waals surface area (Å²) in [6.45, 7) is 0. The lowest BCUT2D eigenvalue weighted by Gasteiger charge is -2.10. The van der Waals surface area contributed by atoms with E-state index < -0.39 is 27.8 Å². The Balaban J connectivity index is 2.33. The molecule has 1 aliphatic rings. The van der Waals surface area contributed by atoms with Crippen LogP contribution in [0.15, 0.2) is 0 Å². The van der Waals surface area contributed by atoms with Crippen LogP contribution >= 0.6 is 11.6 Å². The van der Waals surface area contributed by atoms with E-state index in [1.165, 1.54) is 0 Å². The molecule has 8 heteroatoms. The Labute approximate surface area is 98.6 Å². The Morgan fingerprint density at radius 1 is 1.38 bits per heavy atom. The van der Waals surface area contributed by atoms with Crippen molar-refractivity contribution in [3.8, 4) is 0 Å². The van der Waals surface area contributed by atoms with Gasteiger partial charge in [-0.15, -0.1) is 11.6 Å². The largest absolute Gasteiger partial charge is 0.334 e. The van der Waals surface area contributed by atoms with Gasteiger partial charge in [-0.2, -0.15) is 0 Å². The molecule has 1 heterocycles. The molecule has 0 aromatic heterocycles. The van der Waals surface area contributed by atoms with E-state index in [0.717, 1.165) is 0 Å². The van der Waals surface area contributed by atoms with Crippen LogP contribution in [0.3, 0.4) is 0 Å². The summed E-state index contributed by atoms with van der Waals surface area (Å²) in [5.41, 5.74) is 0. The van der Waals surface area contributed by atoms with E-state index in [-0.39, 0.29) is 23.8 Å². The van der Waals surface area contributed by atoms with Crippen LogP contribution in [0.2, 0.25) is 0 Å². The summed E-state index contributed by atoms with van der Waals surface area (Å²) >= 11 is 5.32. The van der Waals surface area contributed by atoms with Crippen LogP contribution in [-0.4, -0.2) is 43.8 Å². The van der Waals surface area contributed by atoms with Gasteiger partial charge < -0.3 is 5.32 Å². The second-order valence-corrected chi connectivity index (χ2v) is 6.17. The van der Waals surface area contributed by atoms with E-state index >= 15 is 0 Å². The Morgan fingerprint density at radius 2 is 2.06 bits per heavy atom. The molecule has 1 atom stereocenters. The fourth-order valence-corrected chi connectivity index (χ4v) is 3.25. The smallest absolute Gasteiger partial charge is 0.321 e. The maximum absolute atomic E-state index is 11.2. The van der Waals surface area contributed by atoms with E-state index in [1.54, 1.807) is 0 Å². The second-order valence-electron chi connectivity index (χ2n) is 3.56. The number of halogens is 1. The molecule has 0 bridgehead atoms. The first-order valence-electron chi connectivity index (χ1n) is 4.79. The van der Waals surface area contributed by atoms with Gasteiger partial charge in [0, 0.05) is 18.3 Å². The molecule has 0 spiro atoms. The molecule has 1 aliphatic heterocycles. The average Bonchev–Trinajstić information content (AvgIpc) is 2.45. The molecule has 0 aliphatic carbocycles. The van der Waals surface area contributed by atoms with Gasteiger partial charge in [-0.3, -0.25) is 10.1 Å². The lowest BCUT2D eigenvalue weighted by molar-refractivity contribution is -0.119. The number of imide groups is 1. The van der Waals surface area contributed by atoms with Crippen molar-refractivity contribution >= 4 is 33.4 Å². The first kappa shape index (κ1) is 13.2. The van der Waals surface area contributed by atoms with Gasteiger partial charge >= 0.3 is 6.03 Å². The molecule has 1 rings (SSSR count). The van der Waals surface area contributed by atoms with Crippen molar-refractivity contribution in [3.63, 3.8) is 0 Å². The van der Waals surface area contributed by atoms with Gasteiger partial charge in [-0.1, -0.05) is 0 Å². The molecule has 1 saturated heterocycles. The highest BCUT2D eigenvalue weighted by molar-refractivity contribution is 7.91. The zero-order chi connectivity index (χ0) is 12.2. The van der Waals surface area contributed by atoms with Gasteiger partial charge in [0.15, 0.2) is 9.84 Å². The van der Waals surface area contributed by atoms with Gasteiger partial charge in [0.2, 0.25) is 5.91 Å². The molecule has 3 amide bonds. The zero-order valence-electron chi connectivity index (χ0n) is 8.53. The van der Waals surface area contributed by atoms with Crippen LogP contribution in [-0.2, 0) is 14.6 Å². The van der Waals surface area contributed by atoms with E-state index in [4.69, 9.17) is 11.6 Å². The first-order valence-corrected chi connectivity index (χ1v) is 7.15. The van der Waals surface area contributed by atoms with Crippen molar-refractivity contribution in [1.29, 1.82) is 0 Å². The van der Waals surface area contributed by atoms with E-state index in [0.29, 0.717) is 6.42 Å². The number of carbonyl (C=O) groups is 2. The highest BCUT2D eigenvalue weighted by Crippen LogP contribution is 2.10. The molecular weight excluding hydrogens is 256 g/mol. The quantitative estimate of drug-likeness (QED) is 0.683.